The molecule has 0 aromatic heterocycles. The van der Waals surface area contributed by atoms with Gasteiger partial charge in [0.2, 0.25) is 5.91 Å². The van der Waals surface area contributed by atoms with Crippen molar-refractivity contribution in [1.29, 1.82) is 0 Å². The van der Waals surface area contributed by atoms with Crippen LogP contribution >= 0.6 is 0 Å². The zero-order valence-corrected chi connectivity index (χ0v) is 9.79. The lowest BCUT2D eigenvalue weighted by molar-refractivity contribution is -0.120. The second kappa shape index (κ2) is 4.26. The van der Waals surface area contributed by atoms with Crippen LogP contribution in [-0.4, -0.2) is 11.9 Å². The third-order valence-corrected chi connectivity index (χ3v) is 3.10. The van der Waals surface area contributed by atoms with E-state index in [1.54, 1.807) is 0 Å². The van der Waals surface area contributed by atoms with Crippen molar-refractivity contribution in [2.45, 2.75) is 38.8 Å². The van der Waals surface area contributed by atoms with Crippen LogP contribution in [-0.2, 0) is 4.79 Å². The Balaban J connectivity index is 2.33. The Bertz CT molecular complexity index is 390. The lowest BCUT2D eigenvalue weighted by Crippen LogP contribution is -2.35. The monoisotopic (exact) mass is 218 g/mol. The average Bonchev–Trinajstić information content (AvgIpc) is 2.99. The van der Waals surface area contributed by atoms with Crippen LogP contribution in [0.15, 0.2) is 18.2 Å². The van der Waals surface area contributed by atoms with Crippen LogP contribution in [0.3, 0.4) is 0 Å². The van der Waals surface area contributed by atoms with Crippen LogP contribution in [0.2, 0.25) is 0 Å². The maximum absolute atomic E-state index is 11.5. The van der Waals surface area contributed by atoms with E-state index in [4.69, 9.17) is 5.73 Å². The highest BCUT2D eigenvalue weighted by atomic mass is 16.1. The average molecular weight is 218 g/mol. The lowest BCUT2D eigenvalue weighted by atomic mass is 9.95. The molecule has 0 aliphatic heterocycles. The zero-order valence-electron chi connectivity index (χ0n) is 9.79. The minimum atomic E-state index is -0.339. The first-order valence-corrected chi connectivity index (χ1v) is 5.71. The molecule has 1 aliphatic rings. The van der Waals surface area contributed by atoms with Crippen molar-refractivity contribution in [3.63, 3.8) is 0 Å². The molecule has 1 atom stereocenters. The number of rotatable bonds is 4. The number of carbonyl (C=O) groups excluding carboxylic acids is 1. The molecule has 86 valence electrons. The second-order valence-electron chi connectivity index (χ2n) is 4.58. The lowest BCUT2D eigenvalue weighted by Gasteiger charge is -2.19. The summed E-state index contributed by atoms with van der Waals surface area (Å²) < 4.78 is 0. The summed E-state index contributed by atoms with van der Waals surface area (Å²) >= 11 is 0. The van der Waals surface area contributed by atoms with E-state index >= 15 is 0 Å². The van der Waals surface area contributed by atoms with Gasteiger partial charge in [0, 0.05) is 6.04 Å². The summed E-state index contributed by atoms with van der Waals surface area (Å²) in [7, 11) is 0. The maximum Gasteiger partial charge on any atom is 0.239 e. The van der Waals surface area contributed by atoms with Gasteiger partial charge in [0.15, 0.2) is 0 Å². The van der Waals surface area contributed by atoms with Gasteiger partial charge in [-0.3, -0.25) is 10.1 Å². The molecule has 1 aliphatic carbocycles. The highest BCUT2D eigenvalue weighted by Gasteiger charge is 2.29. The number of primary amides is 1. The van der Waals surface area contributed by atoms with Crippen molar-refractivity contribution in [3.05, 3.63) is 34.9 Å². The normalized spacial score (nSPS) is 17.1. The van der Waals surface area contributed by atoms with Crippen LogP contribution < -0.4 is 11.1 Å². The first-order valence-electron chi connectivity index (χ1n) is 5.71. The Morgan fingerprint density at radius 1 is 1.38 bits per heavy atom. The van der Waals surface area contributed by atoms with Crippen molar-refractivity contribution in [3.8, 4) is 0 Å². The standard InChI is InChI=1S/C13H18N2O/c1-8-4-3-5-9(2)11(8)12(13(14)16)15-10-6-7-10/h3-5,10,12,15H,6-7H2,1-2H3,(H2,14,16). The number of nitrogens with two attached hydrogens (primary N) is 1. The molecule has 0 bridgehead atoms. The fourth-order valence-corrected chi connectivity index (χ4v) is 2.08. The van der Waals surface area contributed by atoms with Gasteiger partial charge in [-0.25, -0.2) is 0 Å². The highest BCUT2D eigenvalue weighted by molar-refractivity contribution is 5.82. The third kappa shape index (κ3) is 2.25. The molecule has 0 spiro atoms. The summed E-state index contributed by atoms with van der Waals surface area (Å²) in [5, 5.41) is 3.31. The molecular formula is C13H18N2O. The van der Waals surface area contributed by atoms with E-state index in [2.05, 4.69) is 5.32 Å². The van der Waals surface area contributed by atoms with Gasteiger partial charge in [0.1, 0.15) is 6.04 Å². The van der Waals surface area contributed by atoms with Crippen LogP contribution in [0.25, 0.3) is 0 Å². The van der Waals surface area contributed by atoms with E-state index in [1.807, 2.05) is 32.0 Å². The maximum atomic E-state index is 11.5. The van der Waals surface area contributed by atoms with Crippen molar-refractivity contribution < 1.29 is 4.79 Å². The highest BCUT2D eigenvalue weighted by Crippen LogP contribution is 2.27. The summed E-state index contributed by atoms with van der Waals surface area (Å²) in [6, 6.07) is 6.17. The van der Waals surface area contributed by atoms with Crippen molar-refractivity contribution in [2.75, 3.05) is 0 Å². The fraction of sp³-hybridized carbons (Fsp3) is 0.462. The molecule has 1 unspecified atom stereocenters. The molecule has 3 N–H and O–H groups in total. The Hall–Kier alpha value is -1.35. The molecule has 1 aromatic rings. The summed E-state index contributed by atoms with van der Waals surface area (Å²) in [5.74, 6) is -0.288. The number of aryl methyl sites for hydroxylation is 2. The number of hydrogen-bond acceptors (Lipinski definition) is 2. The van der Waals surface area contributed by atoms with Gasteiger partial charge in [-0.1, -0.05) is 18.2 Å². The molecular weight excluding hydrogens is 200 g/mol. The van der Waals surface area contributed by atoms with Crippen molar-refractivity contribution >= 4 is 5.91 Å². The van der Waals surface area contributed by atoms with Crippen LogP contribution in [0.4, 0.5) is 0 Å². The van der Waals surface area contributed by atoms with E-state index in [0.29, 0.717) is 6.04 Å². The smallest absolute Gasteiger partial charge is 0.239 e. The Morgan fingerprint density at radius 3 is 2.38 bits per heavy atom. The molecule has 3 heteroatoms. The molecule has 1 aromatic carbocycles. The predicted molar refractivity (Wildman–Crippen MR) is 64.0 cm³/mol. The van der Waals surface area contributed by atoms with Gasteiger partial charge < -0.3 is 5.73 Å². The topological polar surface area (TPSA) is 55.1 Å². The molecule has 1 fully saturated rings. The molecule has 3 nitrogen and oxygen atoms in total. The molecule has 1 amide bonds. The molecule has 16 heavy (non-hydrogen) atoms. The Labute approximate surface area is 96.0 Å². The minimum absolute atomic E-state index is 0.288. The minimum Gasteiger partial charge on any atom is -0.368 e. The quantitative estimate of drug-likeness (QED) is 0.806. The van der Waals surface area contributed by atoms with Gasteiger partial charge in [-0.05, 0) is 43.4 Å². The molecule has 0 saturated heterocycles. The van der Waals surface area contributed by atoms with Gasteiger partial charge >= 0.3 is 0 Å². The molecule has 0 radical (unpaired) electrons. The van der Waals surface area contributed by atoms with Gasteiger partial charge in [-0.2, -0.15) is 0 Å². The van der Waals surface area contributed by atoms with Crippen LogP contribution in [0.5, 0.6) is 0 Å². The summed E-state index contributed by atoms with van der Waals surface area (Å²) in [5.41, 5.74) is 8.77. The number of benzene rings is 1. The Kier molecular flexibility index (Phi) is 2.97. The van der Waals surface area contributed by atoms with E-state index < -0.39 is 0 Å². The first-order chi connectivity index (χ1) is 7.59. The van der Waals surface area contributed by atoms with E-state index in [-0.39, 0.29) is 11.9 Å². The van der Waals surface area contributed by atoms with Crippen LogP contribution in [0, 0.1) is 13.8 Å². The number of hydrogen-bond donors (Lipinski definition) is 2. The van der Waals surface area contributed by atoms with E-state index in [1.165, 1.54) is 0 Å². The summed E-state index contributed by atoms with van der Waals surface area (Å²) in [6.07, 6.45) is 2.30. The molecule has 2 rings (SSSR count). The van der Waals surface area contributed by atoms with Gasteiger partial charge in [0.05, 0.1) is 0 Å². The van der Waals surface area contributed by atoms with Crippen molar-refractivity contribution in [1.82, 2.24) is 5.32 Å². The molecule has 1 saturated carbocycles. The number of nitrogens with one attached hydrogen (secondary N) is 1. The SMILES string of the molecule is Cc1cccc(C)c1C(NC1CC1)C(N)=O. The van der Waals surface area contributed by atoms with Gasteiger partial charge in [0.25, 0.3) is 0 Å². The largest absolute Gasteiger partial charge is 0.368 e. The number of amides is 1. The predicted octanol–water partition coefficient (Wildman–Crippen LogP) is 1.58. The third-order valence-electron chi connectivity index (χ3n) is 3.10. The fourth-order valence-electron chi connectivity index (χ4n) is 2.08. The summed E-state index contributed by atoms with van der Waals surface area (Å²) in [6.45, 7) is 4.04. The zero-order chi connectivity index (χ0) is 11.7. The van der Waals surface area contributed by atoms with Gasteiger partial charge in [-0.15, -0.1) is 0 Å². The number of carbonyl (C=O) groups is 1. The van der Waals surface area contributed by atoms with E-state index in [0.717, 1.165) is 29.5 Å². The summed E-state index contributed by atoms with van der Waals surface area (Å²) in [4.78, 5) is 11.5. The first kappa shape index (κ1) is 11.1. The van der Waals surface area contributed by atoms with E-state index in [9.17, 15) is 4.79 Å². The van der Waals surface area contributed by atoms with Crippen molar-refractivity contribution in [2.24, 2.45) is 5.73 Å². The van der Waals surface area contributed by atoms with Crippen LogP contribution in [0.1, 0.15) is 35.6 Å². The molecule has 0 heterocycles. The second-order valence-corrected chi connectivity index (χ2v) is 4.58. The Morgan fingerprint density at radius 2 is 1.94 bits per heavy atom.